The fourth-order valence-electron chi connectivity index (χ4n) is 4.33. The van der Waals surface area contributed by atoms with Crippen LogP contribution < -0.4 is 9.47 Å². The van der Waals surface area contributed by atoms with Gasteiger partial charge in [-0.05, 0) is 48.4 Å². The summed E-state index contributed by atoms with van der Waals surface area (Å²) in [6.45, 7) is 5.15. The lowest BCUT2D eigenvalue weighted by molar-refractivity contribution is -0.132. The van der Waals surface area contributed by atoms with Crippen molar-refractivity contribution in [3.05, 3.63) is 78.6 Å². The number of nitrogens with zero attached hydrogens (tertiary/aromatic N) is 4. The summed E-state index contributed by atoms with van der Waals surface area (Å²) in [5.41, 5.74) is -0.224. The molecule has 9 heteroatoms. The number of amides is 1. The average molecular weight is 497 g/mol. The molecule has 1 amide bonds. The van der Waals surface area contributed by atoms with Gasteiger partial charge in [0.05, 0.1) is 19.5 Å². The van der Waals surface area contributed by atoms with E-state index in [9.17, 15) is 14.3 Å². The molecule has 0 saturated carbocycles. The maximum atomic E-state index is 13.2. The Labute approximate surface area is 210 Å². The molecule has 1 fully saturated rings. The van der Waals surface area contributed by atoms with Crippen molar-refractivity contribution in [2.75, 3.05) is 39.4 Å². The van der Waals surface area contributed by atoms with Crippen LogP contribution in [0, 0.1) is 5.82 Å². The van der Waals surface area contributed by atoms with E-state index in [1.807, 2.05) is 35.0 Å². The number of β-amino-alcohol motifs (C(OH)–C–C–N with tert-alkyl or cyclic N) is 1. The van der Waals surface area contributed by atoms with Crippen molar-refractivity contribution in [2.24, 2.45) is 0 Å². The third-order valence-electron chi connectivity index (χ3n) is 6.15. The van der Waals surface area contributed by atoms with Crippen LogP contribution in [0.4, 0.5) is 4.39 Å². The predicted octanol–water partition coefficient (Wildman–Crippen LogP) is 2.97. The molecule has 1 saturated heterocycles. The van der Waals surface area contributed by atoms with Gasteiger partial charge in [0.1, 0.15) is 29.5 Å². The van der Waals surface area contributed by atoms with Gasteiger partial charge in [0.2, 0.25) is 5.91 Å². The Kier molecular flexibility index (Phi) is 8.56. The minimum absolute atomic E-state index is 0.0149. The lowest BCUT2D eigenvalue weighted by Crippen LogP contribution is -2.51. The SMILES string of the molecule is CC(=O)N1CCN(Cc2cccc(OCCCn3ccnc3)c2)C[C@](O)(COc2ccc(F)cc2)C1. The molecule has 192 valence electrons. The lowest BCUT2D eigenvalue weighted by Gasteiger charge is -2.32. The summed E-state index contributed by atoms with van der Waals surface area (Å²) >= 11 is 0. The topological polar surface area (TPSA) is 80.1 Å². The van der Waals surface area contributed by atoms with E-state index in [1.54, 1.807) is 17.4 Å². The van der Waals surface area contributed by atoms with Gasteiger partial charge >= 0.3 is 0 Å². The number of aryl methyl sites for hydroxylation is 1. The van der Waals surface area contributed by atoms with Crippen LogP contribution in [0.25, 0.3) is 0 Å². The number of aliphatic hydroxyl groups is 1. The van der Waals surface area contributed by atoms with E-state index < -0.39 is 5.60 Å². The smallest absolute Gasteiger partial charge is 0.219 e. The van der Waals surface area contributed by atoms with Crippen LogP contribution in [0.5, 0.6) is 11.5 Å². The minimum atomic E-state index is -1.28. The normalized spacial score (nSPS) is 18.6. The Hall–Kier alpha value is -3.43. The van der Waals surface area contributed by atoms with E-state index in [0.29, 0.717) is 38.5 Å². The van der Waals surface area contributed by atoms with Gasteiger partial charge in [0.25, 0.3) is 0 Å². The lowest BCUT2D eigenvalue weighted by atomic mass is 10.0. The number of carbonyl (C=O) groups is 1. The van der Waals surface area contributed by atoms with Crippen molar-refractivity contribution in [1.82, 2.24) is 19.4 Å². The van der Waals surface area contributed by atoms with E-state index in [1.165, 1.54) is 31.2 Å². The highest BCUT2D eigenvalue weighted by molar-refractivity contribution is 5.73. The van der Waals surface area contributed by atoms with E-state index in [4.69, 9.17) is 9.47 Å². The molecule has 0 bridgehead atoms. The Morgan fingerprint density at radius 3 is 2.69 bits per heavy atom. The first-order valence-electron chi connectivity index (χ1n) is 12.1. The van der Waals surface area contributed by atoms with Crippen molar-refractivity contribution >= 4 is 5.91 Å². The molecular formula is C27H33FN4O4. The molecule has 1 aliphatic heterocycles. The van der Waals surface area contributed by atoms with Gasteiger partial charge in [-0.1, -0.05) is 12.1 Å². The Morgan fingerprint density at radius 1 is 1.11 bits per heavy atom. The highest BCUT2D eigenvalue weighted by Crippen LogP contribution is 2.21. The number of ether oxygens (including phenoxy) is 2. The van der Waals surface area contributed by atoms with Gasteiger partial charge in [-0.25, -0.2) is 9.37 Å². The zero-order valence-electron chi connectivity index (χ0n) is 20.6. The minimum Gasteiger partial charge on any atom is -0.494 e. The number of hydrogen-bond acceptors (Lipinski definition) is 6. The van der Waals surface area contributed by atoms with Crippen LogP contribution >= 0.6 is 0 Å². The summed E-state index contributed by atoms with van der Waals surface area (Å²) in [7, 11) is 0. The molecule has 8 nitrogen and oxygen atoms in total. The third-order valence-corrected chi connectivity index (χ3v) is 6.15. The summed E-state index contributed by atoms with van der Waals surface area (Å²) in [6.07, 6.45) is 6.36. The maximum Gasteiger partial charge on any atom is 0.219 e. The first-order chi connectivity index (χ1) is 17.4. The summed E-state index contributed by atoms with van der Waals surface area (Å²) in [4.78, 5) is 20.0. The molecule has 3 aromatic rings. The number of imidazole rings is 1. The monoisotopic (exact) mass is 496 g/mol. The van der Waals surface area contributed by atoms with Gasteiger partial charge in [0, 0.05) is 52.0 Å². The van der Waals surface area contributed by atoms with Crippen LogP contribution in [0.15, 0.2) is 67.3 Å². The number of carbonyl (C=O) groups excluding carboxylic acids is 1. The number of aromatic nitrogens is 2. The van der Waals surface area contributed by atoms with E-state index >= 15 is 0 Å². The highest BCUT2D eigenvalue weighted by Gasteiger charge is 2.36. The Bertz CT molecular complexity index is 1110. The second kappa shape index (κ2) is 12.0. The zero-order chi connectivity index (χ0) is 25.4. The van der Waals surface area contributed by atoms with Gasteiger partial charge in [-0.15, -0.1) is 0 Å². The number of hydrogen-bond donors (Lipinski definition) is 1. The standard InChI is InChI=1S/C27H33FN4O4/c1-22(33)32-14-13-31(18-27(34,19-32)20-36-25-8-6-24(28)7-9-25)17-23-4-2-5-26(16-23)35-15-3-11-30-12-10-29-21-30/h2,4-10,12,16,21,34H,3,11,13-15,17-20H2,1H3/t27-/m1/s1. The van der Waals surface area contributed by atoms with Gasteiger partial charge < -0.3 is 24.0 Å². The average Bonchev–Trinajstić information content (AvgIpc) is 3.32. The quantitative estimate of drug-likeness (QED) is 0.435. The molecule has 1 aromatic heterocycles. The second-order valence-electron chi connectivity index (χ2n) is 9.27. The first kappa shape index (κ1) is 25.7. The summed E-state index contributed by atoms with van der Waals surface area (Å²) in [6, 6.07) is 13.6. The molecule has 0 unspecified atom stereocenters. The first-order valence-corrected chi connectivity index (χ1v) is 12.1. The van der Waals surface area contributed by atoms with Crippen LogP contribution in [0.2, 0.25) is 0 Å². The van der Waals surface area contributed by atoms with E-state index in [2.05, 4.69) is 9.88 Å². The van der Waals surface area contributed by atoms with Crippen molar-refractivity contribution < 1.29 is 23.8 Å². The second-order valence-corrected chi connectivity index (χ2v) is 9.27. The van der Waals surface area contributed by atoms with Crippen molar-refractivity contribution in [3.8, 4) is 11.5 Å². The molecule has 1 aliphatic rings. The van der Waals surface area contributed by atoms with Crippen molar-refractivity contribution in [2.45, 2.75) is 32.0 Å². The molecule has 1 atom stereocenters. The van der Waals surface area contributed by atoms with Crippen molar-refractivity contribution in [1.29, 1.82) is 0 Å². The summed E-state index contributed by atoms with van der Waals surface area (Å²) in [5.74, 6) is 0.818. The zero-order valence-corrected chi connectivity index (χ0v) is 20.6. The van der Waals surface area contributed by atoms with Crippen LogP contribution in [-0.4, -0.2) is 75.4 Å². The fraction of sp³-hybridized carbons (Fsp3) is 0.407. The number of rotatable bonds is 10. The largest absolute Gasteiger partial charge is 0.494 e. The number of halogens is 1. The van der Waals surface area contributed by atoms with Crippen LogP contribution in [0.1, 0.15) is 18.9 Å². The Morgan fingerprint density at radius 2 is 1.94 bits per heavy atom. The van der Waals surface area contributed by atoms with E-state index in [0.717, 1.165) is 24.3 Å². The fourth-order valence-corrected chi connectivity index (χ4v) is 4.33. The summed E-state index contributed by atoms with van der Waals surface area (Å²) < 4.78 is 27.0. The molecule has 2 aromatic carbocycles. The van der Waals surface area contributed by atoms with Gasteiger partial charge in [-0.2, -0.15) is 0 Å². The Balaban J connectivity index is 1.36. The molecular weight excluding hydrogens is 463 g/mol. The highest BCUT2D eigenvalue weighted by atomic mass is 19.1. The summed E-state index contributed by atoms with van der Waals surface area (Å²) in [5, 5.41) is 11.4. The molecule has 36 heavy (non-hydrogen) atoms. The van der Waals surface area contributed by atoms with Crippen LogP contribution in [-0.2, 0) is 17.9 Å². The van der Waals surface area contributed by atoms with Gasteiger partial charge in [-0.3, -0.25) is 9.69 Å². The molecule has 0 spiro atoms. The van der Waals surface area contributed by atoms with Crippen molar-refractivity contribution in [3.63, 3.8) is 0 Å². The van der Waals surface area contributed by atoms with Crippen LogP contribution in [0.3, 0.4) is 0 Å². The predicted molar refractivity (Wildman–Crippen MR) is 133 cm³/mol. The molecule has 4 rings (SSSR count). The van der Waals surface area contributed by atoms with Gasteiger partial charge in [0.15, 0.2) is 0 Å². The van der Waals surface area contributed by atoms with E-state index in [-0.39, 0.29) is 24.9 Å². The molecule has 0 radical (unpaired) electrons. The molecule has 1 N–H and O–H groups in total. The maximum absolute atomic E-state index is 13.2. The third kappa shape index (κ3) is 7.53. The molecule has 0 aliphatic carbocycles. The molecule has 2 heterocycles. The number of benzene rings is 2.